The average molecular weight is 320 g/mol. The van der Waals surface area contributed by atoms with Crippen molar-refractivity contribution in [1.82, 2.24) is 24.6 Å². The van der Waals surface area contributed by atoms with Gasteiger partial charge in [-0.15, -0.1) is 11.3 Å². The molecule has 22 heavy (non-hydrogen) atoms. The molecule has 0 radical (unpaired) electrons. The smallest absolute Gasteiger partial charge is 0.319 e. The van der Waals surface area contributed by atoms with Gasteiger partial charge in [-0.1, -0.05) is 0 Å². The molecule has 1 aliphatic rings. The molecule has 3 heterocycles. The van der Waals surface area contributed by atoms with Gasteiger partial charge in [0.25, 0.3) is 0 Å². The predicted molar refractivity (Wildman–Crippen MR) is 85.8 cm³/mol. The predicted octanol–water partition coefficient (Wildman–Crippen LogP) is 1.84. The van der Waals surface area contributed by atoms with Crippen LogP contribution in [0, 0.1) is 0 Å². The third kappa shape index (κ3) is 3.22. The van der Waals surface area contributed by atoms with Crippen LogP contribution in [0.2, 0.25) is 0 Å². The standard InChI is InChI=1S/C14H20N6OS/c1-18(2)14(21)19-5-3-6-20-12(10-19)8-11(17-20)9-16-13-15-4-7-22-13/h4,7-8H,3,5-6,9-10H2,1-2H3,(H,15,16). The quantitative estimate of drug-likeness (QED) is 0.937. The van der Waals surface area contributed by atoms with Crippen molar-refractivity contribution < 1.29 is 4.79 Å². The van der Waals surface area contributed by atoms with Gasteiger partial charge < -0.3 is 15.1 Å². The van der Waals surface area contributed by atoms with Gasteiger partial charge in [0, 0.05) is 38.8 Å². The SMILES string of the molecule is CN(C)C(=O)N1CCCn2nc(CNc3nccs3)cc2C1. The van der Waals surface area contributed by atoms with Crippen LogP contribution in [0.25, 0.3) is 0 Å². The maximum atomic E-state index is 12.2. The van der Waals surface area contributed by atoms with Gasteiger partial charge in [0.15, 0.2) is 5.13 Å². The van der Waals surface area contributed by atoms with Gasteiger partial charge in [0.2, 0.25) is 0 Å². The Morgan fingerprint density at radius 3 is 3.05 bits per heavy atom. The van der Waals surface area contributed by atoms with Crippen molar-refractivity contribution in [1.29, 1.82) is 0 Å². The number of hydrogen-bond donors (Lipinski definition) is 1. The fourth-order valence-corrected chi connectivity index (χ4v) is 3.06. The number of carbonyl (C=O) groups excluding carboxylic acids is 1. The number of nitrogens with zero attached hydrogens (tertiary/aromatic N) is 5. The molecular formula is C14H20N6OS. The normalized spacial score (nSPS) is 14.4. The number of aryl methyl sites for hydroxylation is 1. The summed E-state index contributed by atoms with van der Waals surface area (Å²) in [4.78, 5) is 19.8. The van der Waals surface area contributed by atoms with Crippen LogP contribution in [-0.2, 0) is 19.6 Å². The maximum Gasteiger partial charge on any atom is 0.319 e. The molecule has 0 fully saturated rings. The second-order valence-electron chi connectivity index (χ2n) is 5.49. The van der Waals surface area contributed by atoms with Crippen LogP contribution in [-0.4, -0.2) is 51.2 Å². The second-order valence-corrected chi connectivity index (χ2v) is 6.39. The van der Waals surface area contributed by atoms with Crippen molar-refractivity contribution in [2.24, 2.45) is 0 Å². The molecule has 118 valence electrons. The zero-order valence-electron chi connectivity index (χ0n) is 12.8. The maximum absolute atomic E-state index is 12.2. The van der Waals surface area contributed by atoms with Crippen LogP contribution in [0.15, 0.2) is 17.6 Å². The van der Waals surface area contributed by atoms with Crippen LogP contribution >= 0.6 is 11.3 Å². The van der Waals surface area contributed by atoms with Crippen LogP contribution in [0.3, 0.4) is 0 Å². The van der Waals surface area contributed by atoms with Crippen LogP contribution in [0.4, 0.5) is 9.93 Å². The molecule has 2 amide bonds. The Morgan fingerprint density at radius 1 is 1.45 bits per heavy atom. The number of thiazole rings is 1. The molecule has 1 N–H and O–H groups in total. The van der Waals surface area contributed by atoms with Crippen molar-refractivity contribution in [3.8, 4) is 0 Å². The van der Waals surface area contributed by atoms with Gasteiger partial charge >= 0.3 is 6.03 Å². The van der Waals surface area contributed by atoms with Crippen molar-refractivity contribution >= 4 is 22.5 Å². The summed E-state index contributed by atoms with van der Waals surface area (Å²) in [5, 5.41) is 10.7. The van der Waals surface area contributed by atoms with Crippen molar-refractivity contribution in [2.45, 2.75) is 26.1 Å². The lowest BCUT2D eigenvalue weighted by atomic mass is 10.3. The number of amides is 2. The van der Waals surface area contributed by atoms with E-state index in [1.165, 1.54) is 0 Å². The number of carbonyl (C=O) groups is 1. The molecule has 0 atom stereocenters. The summed E-state index contributed by atoms with van der Waals surface area (Å²) in [5.74, 6) is 0. The lowest BCUT2D eigenvalue weighted by Crippen LogP contribution is -2.38. The fraction of sp³-hybridized carbons (Fsp3) is 0.500. The summed E-state index contributed by atoms with van der Waals surface area (Å²) in [5.41, 5.74) is 2.06. The first-order valence-corrected chi connectivity index (χ1v) is 8.16. The molecule has 1 aliphatic heterocycles. The van der Waals surface area contributed by atoms with Crippen LogP contribution in [0.5, 0.6) is 0 Å². The van der Waals surface area contributed by atoms with Gasteiger partial charge in [-0.3, -0.25) is 4.68 Å². The van der Waals surface area contributed by atoms with E-state index in [1.807, 2.05) is 15.0 Å². The molecule has 7 nitrogen and oxygen atoms in total. The summed E-state index contributed by atoms with van der Waals surface area (Å²) in [6, 6.07) is 2.12. The Hall–Kier alpha value is -2.09. The van der Waals surface area contributed by atoms with Gasteiger partial charge in [-0.2, -0.15) is 5.10 Å². The Balaban J connectivity index is 1.69. The third-order valence-corrected chi connectivity index (χ3v) is 4.30. The fourth-order valence-electron chi connectivity index (χ4n) is 2.53. The van der Waals surface area contributed by atoms with Gasteiger partial charge in [-0.25, -0.2) is 9.78 Å². The molecule has 2 aromatic heterocycles. The highest BCUT2D eigenvalue weighted by Gasteiger charge is 2.21. The van der Waals surface area contributed by atoms with E-state index in [1.54, 1.807) is 36.5 Å². The van der Waals surface area contributed by atoms with Crippen molar-refractivity contribution in [3.05, 3.63) is 29.0 Å². The van der Waals surface area contributed by atoms with Gasteiger partial charge in [-0.05, 0) is 12.5 Å². The Morgan fingerprint density at radius 2 is 2.32 bits per heavy atom. The highest BCUT2D eigenvalue weighted by atomic mass is 32.1. The highest BCUT2D eigenvalue weighted by Crippen LogP contribution is 2.16. The number of hydrogen-bond acceptors (Lipinski definition) is 5. The first-order chi connectivity index (χ1) is 10.6. The number of anilines is 1. The van der Waals surface area contributed by atoms with E-state index < -0.39 is 0 Å². The molecular weight excluding hydrogens is 300 g/mol. The molecule has 3 rings (SSSR count). The summed E-state index contributed by atoms with van der Waals surface area (Å²) in [6.07, 6.45) is 2.70. The molecule has 0 spiro atoms. The number of aromatic nitrogens is 3. The zero-order chi connectivity index (χ0) is 15.5. The molecule has 0 saturated carbocycles. The topological polar surface area (TPSA) is 66.3 Å². The molecule has 0 saturated heterocycles. The third-order valence-electron chi connectivity index (χ3n) is 3.57. The van der Waals surface area contributed by atoms with E-state index in [9.17, 15) is 4.79 Å². The molecule has 0 aromatic carbocycles. The van der Waals surface area contributed by atoms with Crippen LogP contribution < -0.4 is 5.32 Å². The molecule has 8 heteroatoms. The lowest BCUT2D eigenvalue weighted by molar-refractivity contribution is 0.169. The van der Waals surface area contributed by atoms with E-state index in [4.69, 9.17) is 0 Å². The largest absolute Gasteiger partial charge is 0.356 e. The highest BCUT2D eigenvalue weighted by molar-refractivity contribution is 7.13. The van der Waals surface area contributed by atoms with E-state index in [0.29, 0.717) is 13.1 Å². The van der Waals surface area contributed by atoms with Crippen molar-refractivity contribution in [2.75, 3.05) is 26.0 Å². The Bertz CT molecular complexity index is 636. The summed E-state index contributed by atoms with van der Waals surface area (Å²) >= 11 is 1.57. The second kappa shape index (κ2) is 6.35. The van der Waals surface area contributed by atoms with E-state index in [2.05, 4.69) is 21.5 Å². The summed E-state index contributed by atoms with van der Waals surface area (Å²) in [6.45, 7) is 2.88. The Labute approximate surface area is 133 Å². The summed E-state index contributed by atoms with van der Waals surface area (Å²) < 4.78 is 2.02. The minimum absolute atomic E-state index is 0.0529. The van der Waals surface area contributed by atoms with Crippen molar-refractivity contribution in [3.63, 3.8) is 0 Å². The summed E-state index contributed by atoms with van der Waals surface area (Å²) in [7, 11) is 3.57. The average Bonchev–Trinajstić information content (AvgIpc) is 3.10. The first kappa shape index (κ1) is 14.8. The first-order valence-electron chi connectivity index (χ1n) is 7.28. The lowest BCUT2D eigenvalue weighted by Gasteiger charge is -2.23. The monoisotopic (exact) mass is 320 g/mol. The van der Waals surface area contributed by atoms with E-state index in [-0.39, 0.29) is 6.03 Å². The number of rotatable bonds is 3. The minimum Gasteiger partial charge on any atom is -0.356 e. The Kier molecular flexibility index (Phi) is 4.28. The number of urea groups is 1. The molecule has 0 unspecified atom stereocenters. The van der Waals surface area contributed by atoms with E-state index in [0.717, 1.165) is 36.0 Å². The minimum atomic E-state index is 0.0529. The number of nitrogens with one attached hydrogen (secondary N) is 1. The zero-order valence-corrected chi connectivity index (χ0v) is 13.6. The molecule has 2 aromatic rings. The van der Waals surface area contributed by atoms with Gasteiger partial charge in [0.1, 0.15) is 0 Å². The van der Waals surface area contributed by atoms with E-state index >= 15 is 0 Å². The number of fused-ring (bicyclic) bond motifs is 1. The van der Waals surface area contributed by atoms with Gasteiger partial charge in [0.05, 0.1) is 24.5 Å². The molecule has 0 aliphatic carbocycles. The molecule has 0 bridgehead atoms. The van der Waals surface area contributed by atoms with Crippen LogP contribution in [0.1, 0.15) is 17.8 Å².